The summed E-state index contributed by atoms with van der Waals surface area (Å²) >= 11 is 5.96. The molecule has 0 radical (unpaired) electrons. The third kappa shape index (κ3) is 2.62. The number of aliphatic hydroxyl groups excluding tert-OH is 1. The second-order valence-electron chi connectivity index (χ2n) is 3.64. The average Bonchev–Trinajstić information content (AvgIpc) is 2.28. The lowest BCUT2D eigenvalue weighted by Gasteiger charge is -2.21. The van der Waals surface area contributed by atoms with Gasteiger partial charge in [0.2, 0.25) is 0 Å². The number of carbonyl (C=O) groups is 1. The predicted octanol–water partition coefficient (Wildman–Crippen LogP) is 1.62. The highest BCUT2D eigenvalue weighted by molar-refractivity contribution is 6.32. The highest BCUT2D eigenvalue weighted by atomic mass is 35.5. The van der Waals surface area contributed by atoms with Crippen LogP contribution in [0.2, 0.25) is 5.02 Å². The van der Waals surface area contributed by atoms with E-state index < -0.39 is 12.1 Å². The summed E-state index contributed by atoms with van der Waals surface area (Å²) in [4.78, 5) is 10.5. The zero-order valence-corrected chi connectivity index (χ0v) is 9.61. The predicted molar refractivity (Wildman–Crippen MR) is 59.7 cm³/mol. The summed E-state index contributed by atoms with van der Waals surface area (Å²) < 4.78 is 10.6. The second-order valence-corrected chi connectivity index (χ2v) is 4.05. The largest absolute Gasteiger partial charge is 0.486 e. The van der Waals surface area contributed by atoms with Gasteiger partial charge in [0.15, 0.2) is 11.5 Å². The van der Waals surface area contributed by atoms with Crippen LogP contribution in [0.25, 0.3) is 0 Å². The molecule has 5 nitrogen and oxygen atoms in total. The molecule has 6 heteroatoms. The molecule has 17 heavy (non-hydrogen) atoms. The fourth-order valence-corrected chi connectivity index (χ4v) is 1.88. The number of fused-ring (bicyclic) bond motifs is 1. The quantitative estimate of drug-likeness (QED) is 0.862. The Kier molecular flexibility index (Phi) is 3.40. The van der Waals surface area contributed by atoms with Gasteiger partial charge in [0.05, 0.1) is 17.5 Å². The van der Waals surface area contributed by atoms with E-state index in [9.17, 15) is 9.90 Å². The monoisotopic (exact) mass is 258 g/mol. The van der Waals surface area contributed by atoms with Crippen LogP contribution in [-0.2, 0) is 4.79 Å². The molecule has 1 aromatic rings. The number of hydrogen-bond acceptors (Lipinski definition) is 4. The van der Waals surface area contributed by atoms with E-state index in [1.807, 2.05) is 0 Å². The number of halogens is 1. The molecule has 0 fully saturated rings. The minimum absolute atomic E-state index is 0.307. The Bertz CT molecular complexity index is 446. The standard InChI is InChI=1S/C11H11ClO5/c12-7-3-6(8(13)5-10(14)15)4-9-11(7)17-2-1-16-9/h3-4,8,13H,1-2,5H2,(H,14,15). The van der Waals surface area contributed by atoms with E-state index in [0.29, 0.717) is 35.3 Å². The van der Waals surface area contributed by atoms with Crippen molar-refractivity contribution in [2.24, 2.45) is 0 Å². The van der Waals surface area contributed by atoms with Crippen LogP contribution in [-0.4, -0.2) is 29.4 Å². The lowest BCUT2D eigenvalue weighted by molar-refractivity contribution is -0.139. The van der Waals surface area contributed by atoms with Crippen molar-refractivity contribution in [1.82, 2.24) is 0 Å². The number of carboxylic acid groups (broad SMARTS) is 1. The van der Waals surface area contributed by atoms with Crippen LogP contribution >= 0.6 is 11.6 Å². The molecule has 1 aliphatic rings. The number of hydrogen-bond donors (Lipinski definition) is 2. The summed E-state index contributed by atoms with van der Waals surface area (Å²) in [7, 11) is 0. The van der Waals surface area contributed by atoms with Crippen molar-refractivity contribution in [2.45, 2.75) is 12.5 Å². The minimum Gasteiger partial charge on any atom is -0.486 e. The number of rotatable bonds is 3. The topological polar surface area (TPSA) is 76.0 Å². The smallest absolute Gasteiger partial charge is 0.306 e. The van der Waals surface area contributed by atoms with Gasteiger partial charge < -0.3 is 19.7 Å². The number of benzene rings is 1. The Morgan fingerprint density at radius 3 is 2.82 bits per heavy atom. The zero-order valence-electron chi connectivity index (χ0n) is 8.85. The molecule has 2 N–H and O–H groups in total. The average molecular weight is 259 g/mol. The van der Waals surface area contributed by atoms with Crippen LogP contribution in [0.4, 0.5) is 0 Å². The maximum Gasteiger partial charge on any atom is 0.306 e. The van der Waals surface area contributed by atoms with Crippen molar-refractivity contribution in [1.29, 1.82) is 0 Å². The van der Waals surface area contributed by atoms with Crippen molar-refractivity contribution in [3.8, 4) is 11.5 Å². The molecule has 1 unspecified atom stereocenters. The molecule has 0 aliphatic carbocycles. The van der Waals surface area contributed by atoms with Crippen LogP contribution in [0.15, 0.2) is 12.1 Å². The number of carboxylic acids is 1. The molecule has 1 heterocycles. The van der Waals surface area contributed by atoms with Crippen LogP contribution < -0.4 is 9.47 Å². The number of aliphatic hydroxyl groups is 1. The highest BCUT2D eigenvalue weighted by Gasteiger charge is 2.20. The molecule has 0 amide bonds. The highest BCUT2D eigenvalue weighted by Crippen LogP contribution is 2.40. The van der Waals surface area contributed by atoms with Crippen LogP contribution in [0, 0.1) is 0 Å². The summed E-state index contributed by atoms with van der Waals surface area (Å²) in [5.41, 5.74) is 0.404. The maximum atomic E-state index is 10.5. The number of ether oxygens (including phenoxy) is 2. The van der Waals surface area contributed by atoms with Gasteiger partial charge in [-0.2, -0.15) is 0 Å². The van der Waals surface area contributed by atoms with E-state index in [2.05, 4.69) is 0 Å². The Labute approximate surface area is 103 Å². The van der Waals surface area contributed by atoms with Crippen molar-refractivity contribution < 1.29 is 24.5 Å². The van der Waals surface area contributed by atoms with Crippen molar-refractivity contribution in [3.05, 3.63) is 22.7 Å². The van der Waals surface area contributed by atoms with Gasteiger partial charge >= 0.3 is 5.97 Å². The molecule has 1 aromatic carbocycles. The molecule has 1 aliphatic heterocycles. The van der Waals surface area contributed by atoms with Gasteiger partial charge in [-0.1, -0.05) is 11.6 Å². The van der Waals surface area contributed by atoms with Crippen molar-refractivity contribution in [2.75, 3.05) is 13.2 Å². The molecule has 1 atom stereocenters. The third-order valence-electron chi connectivity index (χ3n) is 2.37. The van der Waals surface area contributed by atoms with Crippen LogP contribution in [0.1, 0.15) is 18.1 Å². The first-order valence-corrected chi connectivity index (χ1v) is 5.44. The fraction of sp³-hybridized carbons (Fsp3) is 0.364. The third-order valence-corrected chi connectivity index (χ3v) is 2.65. The van der Waals surface area contributed by atoms with E-state index in [4.69, 9.17) is 26.2 Å². The van der Waals surface area contributed by atoms with Gasteiger partial charge in [-0.3, -0.25) is 4.79 Å². The lowest BCUT2D eigenvalue weighted by Crippen LogP contribution is -2.16. The van der Waals surface area contributed by atoms with Gasteiger partial charge in [-0.15, -0.1) is 0 Å². The minimum atomic E-state index is -1.11. The molecule has 0 saturated heterocycles. The van der Waals surface area contributed by atoms with E-state index in [1.54, 1.807) is 6.07 Å². The molecular weight excluding hydrogens is 248 g/mol. The van der Waals surface area contributed by atoms with Crippen LogP contribution in [0.3, 0.4) is 0 Å². The fourth-order valence-electron chi connectivity index (χ4n) is 1.61. The Morgan fingerprint density at radius 2 is 2.12 bits per heavy atom. The first-order chi connectivity index (χ1) is 8.08. The molecule has 0 spiro atoms. The number of aliphatic carboxylic acids is 1. The molecular formula is C11H11ClO5. The summed E-state index contributed by atoms with van der Waals surface area (Å²) in [5, 5.41) is 18.6. The maximum absolute atomic E-state index is 10.5. The molecule has 2 rings (SSSR count). The van der Waals surface area contributed by atoms with Crippen LogP contribution in [0.5, 0.6) is 11.5 Å². The van der Waals surface area contributed by atoms with E-state index >= 15 is 0 Å². The lowest BCUT2D eigenvalue weighted by atomic mass is 10.1. The molecule has 0 aromatic heterocycles. The Hall–Kier alpha value is -1.46. The van der Waals surface area contributed by atoms with Gasteiger partial charge in [0.25, 0.3) is 0 Å². The van der Waals surface area contributed by atoms with Gasteiger partial charge in [-0.25, -0.2) is 0 Å². The summed E-state index contributed by atoms with van der Waals surface area (Å²) in [5.74, 6) is -0.212. The van der Waals surface area contributed by atoms with E-state index in [0.717, 1.165) is 0 Å². The Balaban J connectivity index is 2.30. The van der Waals surface area contributed by atoms with Crippen molar-refractivity contribution >= 4 is 17.6 Å². The molecule has 92 valence electrons. The SMILES string of the molecule is O=C(O)CC(O)c1cc(Cl)c2c(c1)OCCO2. The summed E-state index contributed by atoms with van der Waals surface area (Å²) in [6, 6.07) is 3.04. The normalized spacial score (nSPS) is 15.4. The van der Waals surface area contributed by atoms with Gasteiger partial charge in [0.1, 0.15) is 13.2 Å². The summed E-state index contributed by atoms with van der Waals surface area (Å²) in [6.45, 7) is 0.825. The summed E-state index contributed by atoms with van der Waals surface area (Å²) in [6.07, 6.45) is -1.49. The first kappa shape index (κ1) is 12.0. The van der Waals surface area contributed by atoms with E-state index in [1.165, 1.54) is 6.07 Å². The van der Waals surface area contributed by atoms with Gasteiger partial charge in [-0.05, 0) is 17.7 Å². The van der Waals surface area contributed by atoms with Gasteiger partial charge in [0, 0.05) is 0 Å². The first-order valence-electron chi connectivity index (χ1n) is 5.07. The van der Waals surface area contributed by atoms with E-state index in [-0.39, 0.29) is 6.42 Å². The molecule has 0 bridgehead atoms. The van der Waals surface area contributed by atoms with Crippen molar-refractivity contribution in [3.63, 3.8) is 0 Å². The second kappa shape index (κ2) is 4.81. The Morgan fingerprint density at radius 1 is 1.41 bits per heavy atom. The molecule has 0 saturated carbocycles. The zero-order chi connectivity index (χ0) is 12.4.